The molecule has 166 valence electrons. The van der Waals surface area contributed by atoms with E-state index in [2.05, 4.69) is 5.32 Å². The fraction of sp³-hybridized carbons (Fsp3) is 0.455. The Morgan fingerprint density at radius 1 is 0.667 bits per heavy atom. The van der Waals surface area contributed by atoms with Crippen molar-refractivity contribution in [1.82, 2.24) is 0 Å². The second-order valence-corrected chi connectivity index (χ2v) is 9.30. The molecule has 2 rings (SSSR count). The first-order valence-electron chi connectivity index (χ1n) is 9.25. The molecular formula is C22H25F6NO. The SMILES string of the molecule is CC(C)(C)c1ccc(C(C)(C)C)c(Nc2cc(C(F)(F)F)cc(C(F)(F)F)c2)c1O. The minimum Gasteiger partial charge on any atom is -0.505 e. The Bertz CT molecular complexity index is 899. The van der Waals surface area contributed by atoms with Crippen molar-refractivity contribution in [2.75, 3.05) is 5.32 Å². The maximum atomic E-state index is 13.2. The van der Waals surface area contributed by atoms with E-state index in [1.54, 1.807) is 12.1 Å². The summed E-state index contributed by atoms with van der Waals surface area (Å²) in [6.07, 6.45) is -9.92. The van der Waals surface area contributed by atoms with Crippen LogP contribution in [0.1, 0.15) is 63.8 Å². The van der Waals surface area contributed by atoms with Crippen LogP contribution < -0.4 is 5.32 Å². The number of alkyl halides is 6. The van der Waals surface area contributed by atoms with E-state index in [1.165, 1.54) is 0 Å². The van der Waals surface area contributed by atoms with Crippen LogP contribution in [0.15, 0.2) is 30.3 Å². The molecule has 0 fully saturated rings. The molecule has 0 aromatic heterocycles. The van der Waals surface area contributed by atoms with E-state index < -0.39 is 40.0 Å². The first-order chi connectivity index (χ1) is 13.3. The highest BCUT2D eigenvalue weighted by Crippen LogP contribution is 2.45. The zero-order valence-corrected chi connectivity index (χ0v) is 17.6. The number of anilines is 2. The van der Waals surface area contributed by atoms with Gasteiger partial charge in [-0.25, -0.2) is 0 Å². The van der Waals surface area contributed by atoms with Crippen LogP contribution in [0.5, 0.6) is 5.75 Å². The number of benzene rings is 2. The zero-order valence-electron chi connectivity index (χ0n) is 17.6. The van der Waals surface area contributed by atoms with Crippen molar-refractivity contribution in [1.29, 1.82) is 0 Å². The summed E-state index contributed by atoms with van der Waals surface area (Å²) in [5.74, 6) is -0.208. The van der Waals surface area contributed by atoms with Crippen LogP contribution in [0.25, 0.3) is 0 Å². The van der Waals surface area contributed by atoms with Crippen LogP contribution in [-0.4, -0.2) is 5.11 Å². The van der Waals surface area contributed by atoms with Crippen molar-refractivity contribution in [2.24, 2.45) is 0 Å². The van der Waals surface area contributed by atoms with Gasteiger partial charge < -0.3 is 10.4 Å². The second-order valence-electron chi connectivity index (χ2n) is 9.30. The number of aromatic hydroxyl groups is 1. The van der Waals surface area contributed by atoms with Gasteiger partial charge in [0.1, 0.15) is 5.75 Å². The molecule has 0 saturated heterocycles. The molecule has 2 nitrogen and oxygen atoms in total. The largest absolute Gasteiger partial charge is 0.505 e. The van der Waals surface area contributed by atoms with Crippen molar-refractivity contribution in [3.05, 3.63) is 52.6 Å². The van der Waals surface area contributed by atoms with Gasteiger partial charge in [0.05, 0.1) is 16.8 Å². The lowest BCUT2D eigenvalue weighted by Crippen LogP contribution is -2.18. The predicted molar refractivity (Wildman–Crippen MR) is 105 cm³/mol. The van der Waals surface area contributed by atoms with Gasteiger partial charge in [-0.3, -0.25) is 0 Å². The molecule has 30 heavy (non-hydrogen) atoms. The van der Waals surface area contributed by atoms with E-state index in [0.29, 0.717) is 23.3 Å². The van der Waals surface area contributed by atoms with E-state index in [4.69, 9.17) is 0 Å². The van der Waals surface area contributed by atoms with Crippen molar-refractivity contribution in [3.63, 3.8) is 0 Å². The summed E-state index contributed by atoms with van der Waals surface area (Å²) in [6.45, 7) is 11.0. The fourth-order valence-corrected chi connectivity index (χ4v) is 3.12. The Kier molecular flexibility index (Phi) is 5.89. The Hall–Kier alpha value is -2.38. The van der Waals surface area contributed by atoms with Gasteiger partial charge in [-0.2, -0.15) is 26.3 Å². The number of phenols is 1. The van der Waals surface area contributed by atoms with Gasteiger partial charge in [0.2, 0.25) is 0 Å². The number of hydrogen-bond acceptors (Lipinski definition) is 2. The molecule has 0 radical (unpaired) electrons. The summed E-state index contributed by atoms with van der Waals surface area (Å²) in [6, 6.07) is 4.71. The van der Waals surface area contributed by atoms with Gasteiger partial charge >= 0.3 is 12.4 Å². The Morgan fingerprint density at radius 2 is 1.07 bits per heavy atom. The average molecular weight is 433 g/mol. The van der Waals surface area contributed by atoms with Crippen LogP contribution in [0, 0.1) is 0 Å². The van der Waals surface area contributed by atoms with Crippen molar-refractivity contribution >= 4 is 11.4 Å². The fourth-order valence-electron chi connectivity index (χ4n) is 3.12. The van der Waals surface area contributed by atoms with Crippen molar-refractivity contribution in [2.45, 2.75) is 64.7 Å². The van der Waals surface area contributed by atoms with Gasteiger partial charge in [0.25, 0.3) is 0 Å². The Morgan fingerprint density at radius 3 is 1.43 bits per heavy atom. The third-order valence-electron chi connectivity index (χ3n) is 4.65. The van der Waals surface area contributed by atoms with Gasteiger partial charge in [0, 0.05) is 11.3 Å². The van der Waals surface area contributed by atoms with Crippen LogP contribution >= 0.6 is 0 Å². The van der Waals surface area contributed by atoms with Crippen LogP contribution in [0.4, 0.5) is 37.7 Å². The van der Waals surface area contributed by atoms with E-state index in [-0.39, 0.29) is 17.5 Å². The molecule has 0 spiro atoms. The lowest BCUT2D eigenvalue weighted by atomic mass is 9.80. The van der Waals surface area contributed by atoms with E-state index in [0.717, 1.165) is 0 Å². The minimum absolute atomic E-state index is 0.0707. The summed E-state index contributed by atoms with van der Waals surface area (Å²) < 4.78 is 79.2. The molecule has 0 atom stereocenters. The topological polar surface area (TPSA) is 32.3 Å². The summed E-state index contributed by atoms with van der Waals surface area (Å²) in [5, 5.41) is 13.5. The molecule has 0 aliphatic heterocycles. The third-order valence-corrected chi connectivity index (χ3v) is 4.65. The smallest absolute Gasteiger partial charge is 0.416 e. The Labute approximate surface area is 171 Å². The quantitative estimate of drug-likeness (QED) is 0.375. The van der Waals surface area contributed by atoms with Crippen molar-refractivity contribution < 1.29 is 31.4 Å². The van der Waals surface area contributed by atoms with Crippen molar-refractivity contribution in [3.8, 4) is 5.75 Å². The maximum Gasteiger partial charge on any atom is 0.416 e. The lowest BCUT2D eigenvalue weighted by Gasteiger charge is -2.29. The summed E-state index contributed by atoms with van der Waals surface area (Å²) in [7, 11) is 0. The third kappa shape index (κ3) is 5.21. The van der Waals surface area contributed by atoms with Gasteiger partial charge in [-0.15, -0.1) is 0 Å². The van der Waals surface area contributed by atoms with Crippen LogP contribution in [0.3, 0.4) is 0 Å². The molecule has 0 saturated carbocycles. The monoisotopic (exact) mass is 433 g/mol. The minimum atomic E-state index is -4.96. The van der Waals surface area contributed by atoms with Gasteiger partial charge in [0.15, 0.2) is 0 Å². The molecule has 0 amide bonds. The number of halogens is 6. The Balaban J connectivity index is 2.75. The standard InChI is InChI=1S/C22H25F6NO/c1-19(2,3)15-7-8-16(20(4,5)6)18(30)17(15)29-14-10-12(21(23,24)25)9-13(11-14)22(26,27)28/h7-11,29-30H,1-6H3. The molecule has 0 bridgehead atoms. The molecule has 8 heteroatoms. The van der Waals surface area contributed by atoms with E-state index in [9.17, 15) is 31.4 Å². The first kappa shape index (κ1) is 23.9. The molecule has 2 aromatic rings. The van der Waals surface area contributed by atoms with Crippen LogP contribution in [0.2, 0.25) is 0 Å². The predicted octanol–water partition coefficient (Wildman–Crippen LogP) is 7.77. The molecule has 0 aliphatic carbocycles. The highest BCUT2D eigenvalue weighted by Gasteiger charge is 2.37. The highest BCUT2D eigenvalue weighted by atomic mass is 19.4. The van der Waals surface area contributed by atoms with Gasteiger partial charge in [-0.05, 0) is 34.6 Å². The number of phenolic OH excluding ortho intramolecular Hbond substituents is 1. The molecule has 0 aliphatic rings. The molecule has 0 heterocycles. The van der Waals surface area contributed by atoms with E-state index >= 15 is 0 Å². The molecular weight excluding hydrogens is 408 g/mol. The summed E-state index contributed by atoms with van der Waals surface area (Å²) in [5.41, 5.74) is -3.15. The summed E-state index contributed by atoms with van der Waals surface area (Å²) >= 11 is 0. The van der Waals surface area contributed by atoms with Crippen LogP contribution in [-0.2, 0) is 23.2 Å². The summed E-state index contributed by atoms with van der Waals surface area (Å²) in [4.78, 5) is 0. The van der Waals surface area contributed by atoms with Gasteiger partial charge in [-0.1, -0.05) is 53.7 Å². The molecule has 0 unspecified atom stereocenters. The average Bonchev–Trinajstić information content (AvgIpc) is 2.52. The number of hydrogen-bond donors (Lipinski definition) is 2. The second kappa shape index (κ2) is 7.39. The number of nitrogens with one attached hydrogen (secondary N) is 1. The lowest BCUT2D eigenvalue weighted by molar-refractivity contribution is -0.143. The molecule has 2 aromatic carbocycles. The maximum absolute atomic E-state index is 13.2. The van der Waals surface area contributed by atoms with E-state index in [1.807, 2.05) is 41.5 Å². The zero-order chi connectivity index (χ0) is 23.3. The highest BCUT2D eigenvalue weighted by molar-refractivity contribution is 5.74. The molecule has 2 N–H and O–H groups in total. The first-order valence-corrected chi connectivity index (χ1v) is 9.25. The normalized spacial score (nSPS) is 13.5. The number of rotatable bonds is 2.